The molecule has 0 unspecified atom stereocenters. The van der Waals surface area contributed by atoms with Crippen LogP contribution >= 0.6 is 0 Å². The molecule has 148 valence electrons. The van der Waals surface area contributed by atoms with Crippen LogP contribution < -0.4 is 4.90 Å². The van der Waals surface area contributed by atoms with Gasteiger partial charge in [-0.2, -0.15) is 4.98 Å². The van der Waals surface area contributed by atoms with Crippen LogP contribution in [0.15, 0.2) is 52.6 Å². The van der Waals surface area contributed by atoms with Gasteiger partial charge in [0.1, 0.15) is 0 Å². The Bertz CT molecular complexity index is 1060. The maximum Gasteiger partial charge on any atom is 0.311 e. The average molecular weight is 391 g/mol. The van der Waals surface area contributed by atoms with Crippen LogP contribution in [0.4, 0.5) is 11.5 Å². The molecule has 3 heterocycles. The predicted molar refractivity (Wildman–Crippen MR) is 109 cm³/mol. The highest BCUT2D eigenvalue weighted by Crippen LogP contribution is 2.32. The number of rotatable bonds is 4. The van der Waals surface area contributed by atoms with Crippen LogP contribution in [0.25, 0.3) is 17.0 Å². The number of anilines is 1. The SMILES string of the molecule is CC(=C1CCN(c2nc(C)ccc2[N+](=O)[O-])CC1)c1noc(-c2ccccc2)n1. The Hall–Kier alpha value is -3.55. The van der Waals surface area contributed by atoms with E-state index in [0.29, 0.717) is 30.6 Å². The maximum atomic E-state index is 11.4. The smallest absolute Gasteiger partial charge is 0.311 e. The number of hydrogen-bond acceptors (Lipinski definition) is 7. The molecule has 0 aliphatic carbocycles. The normalized spacial score (nSPS) is 14.1. The van der Waals surface area contributed by atoms with Crippen LogP contribution in [0.3, 0.4) is 0 Å². The molecule has 8 nitrogen and oxygen atoms in total. The lowest BCUT2D eigenvalue weighted by Gasteiger charge is -2.29. The van der Waals surface area contributed by atoms with Gasteiger partial charge in [-0.15, -0.1) is 0 Å². The average Bonchev–Trinajstić information content (AvgIpc) is 3.24. The molecule has 0 atom stereocenters. The predicted octanol–water partition coefficient (Wildman–Crippen LogP) is 4.42. The second-order valence-electron chi connectivity index (χ2n) is 7.06. The molecular weight excluding hydrogens is 370 g/mol. The molecule has 0 radical (unpaired) electrons. The quantitative estimate of drug-likeness (QED) is 0.479. The van der Waals surface area contributed by atoms with E-state index >= 15 is 0 Å². The molecule has 0 N–H and O–H groups in total. The van der Waals surface area contributed by atoms with Gasteiger partial charge in [0, 0.05) is 30.4 Å². The molecule has 0 amide bonds. The zero-order valence-electron chi connectivity index (χ0n) is 16.3. The summed E-state index contributed by atoms with van der Waals surface area (Å²) in [7, 11) is 0. The molecule has 0 spiro atoms. The number of piperidine rings is 1. The maximum absolute atomic E-state index is 11.4. The Morgan fingerprint density at radius 2 is 1.83 bits per heavy atom. The Morgan fingerprint density at radius 3 is 2.52 bits per heavy atom. The van der Waals surface area contributed by atoms with Crippen molar-refractivity contribution in [3.05, 3.63) is 69.7 Å². The van der Waals surface area contributed by atoms with E-state index in [0.717, 1.165) is 29.7 Å². The first-order valence-corrected chi connectivity index (χ1v) is 9.48. The summed E-state index contributed by atoms with van der Waals surface area (Å²) >= 11 is 0. The number of nitro groups is 1. The molecule has 4 rings (SSSR count). The van der Waals surface area contributed by atoms with Gasteiger partial charge in [-0.3, -0.25) is 10.1 Å². The van der Waals surface area contributed by atoms with Gasteiger partial charge in [-0.1, -0.05) is 28.9 Å². The largest absolute Gasteiger partial charge is 0.350 e. The number of benzene rings is 1. The summed E-state index contributed by atoms with van der Waals surface area (Å²) in [6.45, 7) is 5.16. The van der Waals surface area contributed by atoms with Crippen LogP contribution in [-0.2, 0) is 0 Å². The molecule has 8 heteroatoms. The number of pyridine rings is 1. The van der Waals surface area contributed by atoms with Gasteiger partial charge in [0.15, 0.2) is 5.82 Å². The minimum atomic E-state index is -0.372. The first kappa shape index (κ1) is 18.8. The van der Waals surface area contributed by atoms with Crippen LogP contribution in [0.2, 0.25) is 0 Å². The highest BCUT2D eigenvalue weighted by atomic mass is 16.6. The molecule has 1 aliphatic rings. The van der Waals surface area contributed by atoms with E-state index < -0.39 is 0 Å². The van der Waals surface area contributed by atoms with Gasteiger partial charge in [-0.05, 0) is 50.5 Å². The number of allylic oxidation sites excluding steroid dienone is 1. The Morgan fingerprint density at radius 1 is 1.10 bits per heavy atom. The van der Waals surface area contributed by atoms with Gasteiger partial charge < -0.3 is 9.42 Å². The van der Waals surface area contributed by atoms with Crippen molar-refractivity contribution in [2.24, 2.45) is 0 Å². The van der Waals surface area contributed by atoms with Gasteiger partial charge in [0.05, 0.1) is 4.92 Å². The first-order valence-electron chi connectivity index (χ1n) is 9.48. The third kappa shape index (κ3) is 3.87. The molecule has 2 aromatic heterocycles. The number of hydrogen-bond donors (Lipinski definition) is 0. The van der Waals surface area contributed by atoms with E-state index in [9.17, 15) is 10.1 Å². The van der Waals surface area contributed by atoms with Crippen LogP contribution in [0.5, 0.6) is 0 Å². The van der Waals surface area contributed by atoms with E-state index in [1.165, 1.54) is 11.6 Å². The van der Waals surface area contributed by atoms with Crippen molar-refractivity contribution in [1.82, 2.24) is 15.1 Å². The van der Waals surface area contributed by atoms with E-state index in [4.69, 9.17) is 4.52 Å². The summed E-state index contributed by atoms with van der Waals surface area (Å²) in [6, 6.07) is 12.9. The van der Waals surface area contributed by atoms with Crippen molar-refractivity contribution in [3.8, 4) is 11.5 Å². The minimum Gasteiger partial charge on any atom is -0.350 e. The molecule has 3 aromatic rings. The van der Waals surface area contributed by atoms with Crippen LogP contribution in [-0.4, -0.2) is 33.1 Å². The van der Waals surface area contributed by atoms with Gasteiger partial charge in [0.2, 0.25) is 5.82 Å². The second-order valence-corrected chi connectivity index (χ2v) is 7.06. The standard InChI is InChI=1S/C21H21N5O3/c1-14-8-9-18(26(27)28)20(22-14)25-12-10-16(11-13-25)15(2)19-23-21(29-24-19)17-6-4-3-5-7-17/h3-9H,10-13H2,1-2H3. The summed E-state index contributed by atoms with van der Waals surface area (Å²) in [5, 5.41) is 15.5. The first-order chi connectivity index (χ1) is 14.0. The van der Waals surface area contributed by atoms with Gasteiger partial charge in [-0.25, -0.2) is 4.98 Å². The summed E-state index contributed by atoms with van der Waals surface area (Å²) in [5.41, 5.74) is 3.93. The highest BCUT2D eigenvalue weighted by molar-refractivity contribution is 5.65. The number of nitrogens with zero attached hydrogens (tertiary/aromatic N) is 5. The fourth-order valence-electron chi connectivity index (χ4n) is 3.51. The molecule has 0 saturated carbocycles. The molecule has 1 aromatic carbocycles. The summed E-state index contributed by atoms with van der Waals surface area (Å²) in [5.74, 6) is 1.53. The highest BCUT2D eigenvalue weighted by Gasteiger charge is 2.25. The van der Waals surface area contributed by atoms with Crippen molar-refractivity contribution in [2.45, 2.75) is 26.7 Å². The lowest BCUT2D eigenvalue weighted by atomic mass is 9.98. The molecular formula is C21H21N5O3. The summed E-state index contributed by atoms with van der Waals surface area (Å²) in [4.78, 5) is 21.9. The molecule has 0 bridgehead atoms. The third-order valence-corrected chi connectivity index (χ3v) is 5.17. The van der Waals surface area contributed by atoms with Crippen molar-refractivity contribution in [2.75, 3.05) is 18.0 Å². The van der Waals surface area contributed by atoms with Crippen LogP contribution in [0, 0.1) is 17.0 Å². The van der Waals surface area contributed by atoms with E-state index in [-0.39, 0.29) is 10.6 Å². The van der Waals surface area contributed by atoms with Crippen molar-refractivity contribution in [3.63, 3.8) is 0 Å². The molecule has 1 aliphatic heterocycles. The summed E-state index contributed by atoms with van der Waals surface area (Å²) in [6.07, 6.45) is 1.54. The lowest BCUT2D eigenvalue weighted by molar-refractivity contribution is -0.384. The second kappa shape index (κ2) is 7.83. The Labute approximate surface area is 168 Å². The Kier molecular flexibility index (Phi) is 5.07. The van der Waals surface area contributed by atoms with Crippen molar-refractivity contribution >= 4 is 17.1 Å². The molecule has 1 saturated heterocycles. The van der Waals surface area contributed by atoms with E-state index in [2.05, 4.69) is 15.1 Å². The zero-order chi connectivity index (χ0) is 20.4. The molecule has 29 heavy (non-hydrogen) atoms. The topological polar surface area (TPSA) is 98.2 Å². The summed E-state index contributed by atoms with van der Waals surface area (Å²) < 4.78 is 5.42. The van der Waals surface area contributed by atoms with Crippen LogP contribution in [0.1, 0.15) is 31.3 Å². The zero-order valence-corrected chi connectivity index (χ0v) is 16.3. The minimum absolute atomic E-state index is 0.0467. The fourth-order valence-corrected chi connectivity index (χ4v) is 3.51. The lowest BCUT2D eigenvalue weighted by Crippen LogP contribution is -2.32. The number of aromatic nitrogens is 3. The Balaban J connectivity index is 1.52. The number of aryl methyl sites for hydroxylation is 1. The van der Waals surface area contributed by atoms with Gasteiger partial charge in [0.25, 0.3) is 5.89 Å². The van der Waals surface area contributed by atoms with Gasteiger partial charge >= 0.3 is 5.69 Å². The van der Waals surface area contributed by atoms with Crippen molar-refractivity contribution < 1.29 is 9.45 Å². The van der Waals surface area contributed by atoms with E-state index in [1.54, 1.807) is 6.07 Å². The monoisotopic (exact) mass is 391 g/mol. The van der Waals surface area contributed by atoms with Crippen molar-refractivity contribution in [1.29, 1.82) is 0 Å². The molecule has 1 fully saturated rings. The van der Waals surface area contributed by atoms with E-state index in [1.807, 2.05) is 49.1 Å². The fraction of sp³-hybridized carbons (Fsp3) is 0.286. The third-order valence-electron chi connectivity index (χ3n) is 5.17.